The molecule has 1 saturated heterocycles. The summed E-state index contributed by atoms with van der Waals surface area (Å²) in [6.45, 7) is 4.75. The fraction of sp³-hybridized carbons (Fsp3) is 0.273. The molecule has 3 nitrogen and oxygen atoms in total. The molecule has 2 heterocycles. The van der Waals surface area contributed by atoms with Crippen molar-refractivity contribution in [2.24, 2.45) is 0 Å². The molecule has 27 heavy (non-hydrogen) atoms. The number of hydrogen-bond acceptors (Lipinski definition) is 4. The van der Waals surface area contributed by atoms with Gasteiger partial charge in [0.05, 0.1) is 4.91 Å². The Kier molecular flexibility index (Phi) is 5.06. The van der Waals surface area contributed by atoms with E-state index in [1.165, 1.54) is 22.9 Å². The summed E-state index contributed by atoms with van der Waals surface area (Å²) in [7, 11) is 0. The minimum atomic E-state index is 0.00343. The molecular formula is C22H21NO2S2. The summed E-state index contributed by atoms with van der Waals surface area (Å²) in [5.74, 6) is 0.999. The van der Waals surface area contributed by atoms with E-state index in [0.717, 1.165) is 29.7 Å². The van der Waals surface area contributed by atoms with Crippen molar-refractivity contribution in [3.05, 3.63) is 69.6 Å². The van der Waals surface area contributed by atoms with E-state index in [9.17, 15) is 4.79 Å². The van der Waals surface area contributed by atoms with Crippen LogP contribution in [0.4, 0.5) is 0 Å². The Morgan fingerprint density at radius 3 is 2.85 bits per heavy atom. The van der Waals surface area contributed by atoms with Crippen molar-refractivity contribution < 1.29 is 9.53 Å². The first-order chi connectivity index (χ1) is 13.0. The molecule has 4 rings (SSSR count). The fourth-order valence-electron chi connectivity index (χ4n) is 3.56. The van der Waals surface area contributed by atoms with Crippen LogP contribution in [0.3, 0.4) is 0 Å². The van der Waals surface area contributed by atoms with Gasteiger partial charge in [-0.3, -0.25) is 9.69 Å². The molecule has 0 N–H and O–H groups in total. The topological polar surface area (TPSA) is 29.5 Å². The quantitative estimate of drug-likeness (QED) is 0.551. The zero-order chi connectivity index (χ0) is 19.0. The fourth-order valence-corrected chi connectivity index (χ4v) is 4.87. The average Bonchev–Trinajstić information content (AvgIpc) is 3.14. The SMILES string of the molecule is Cc1cc(C=C2SC(=S)N(CCc3ccccc3)C2=O)cc2c1OC(C)C2. The molecule has 0 aromatic heterocycles. The maximum Gasteiger partial charge on any atom is 0.266 e. The molecule has 5 heteroatoms. The minimum absolute atomic E-state index is 0.00343. The molecule has 2 aliphatic heterocycles. The zero-order valence-electron chi connectivity index (χ0n) is 15.4. The maximum atomic E-state index is 12.8. The van der Waals surface area contributed by atoms with Gasteiger partial charge < -0.3 is 4.74 Å². The smallest absolute Gasteiger partial charge is 0.266 e. The first kappa shape index (κ1) is 18.3. The van der Waals surface area contributed by atoms with E-state index < -0.39 is 0 Å². The lowest BCUT2D eigenvalue weighted by molar-refractivity contribution is -0.122. The highest BCUT2D eigenvalue weighted by Crippen LogP contribution is 2.36. The molecule has 1 atom stereocenters. The average molecular weight is 396 g/mol. The highest BCUT2D eigenvalue weighted by molar-refractivity contribution is 8.26. The Hall–Kier alpha value is -2.11. The summed E-state index contributed by atoms with van der Waals surface area (Å²) in [5.41, 5.74) is 4.57. The normalized spacial score (nSPS) is 20.3. The van der Waals surface area contributed by atoms with Crippen molar-refractivity contribution in [1.29, 1.82) is 0 Å². The Morgan fingerprint density at radius 2 is 2.07 bits per heavy atom. The van der Waals surface area contributed by atoms with Gasteiger partial charge in [-0.2, -0.15) is 0 Å². The van der Waals surface area contributed by atoms with E-state index in [1.807, 2.05) is 24.3 Å². The van der Waals surface area contributed by atoms with Gasteiger partial charge in [0.1, 0.15) is 16.2 Å². The number of ether oxygens (including phenoxy) is 1. The molecule has 0 aliphatic carbocycles. The number of rotatable bonds is 4. The van der Waals surface area contributed by atoms with Gasteiger partial charge in [-0.15, -0.1) is 0 Å². The second-order valence-electron chi connectivity index (χ2n) is 7.03. The van der Waals surface area contributed by atoms with E-state index in [1.54, 1.807) is 4.90 Å². The van der Waals surface area contributed by atoms with E-state index in [0.29, 0.717) is 15.8 Å². The molecule has 0 saturated carbocycles. The summed E-state index contributed by atoms with van der Waals surface area (Å²) in [6, 6.07) is 14.4. The van der Waals surface area contributed by atoms with Crippen molar-refractivity contribution in [2.75, 3.05) is 6.54 Å². The predicted octanol–water partition coefficient (Wildman–Crippen LogP) is 4.76. The summed E-state index contributed by atoms with van der Waals surface area (Å²) in [6.07, 6.45) is 3.88. The van der Waals surface area contributed by atoms with Crippen LogP contribution in [0.5, 0.6) is 5.75 Å². The first-order valence-electron chi connectivity index (χ1n) is 9.11. The maximum absolute atomic E-state index is 12.8. The molecule has 0 radical (unpaired) electrons. The number of fused-ring (bicyclic) bond motifs is 1. The van der Waals surface area contributed by atoms with Gasteiger partial charge >= 0.3 is 0 Å². The van der Waals surface area contributed by atoms with Crippen LogP contribution < -0.4 is 4.74 Å². The highest BCUT2D eigenvalue weighted by atomic mass is 32.2. The van der Waals surface area contributed by atoms with Crippen LogP contribution in [-0.4, -0.2) is 27.8 Å². The van der Waals surface area contributed by atoms with Crippen molar-refractivity contribution >= 4 is 40.3 Å². The van der Waals surface area contributed by atoms with E-state index in [2.05, 4.69) is 38.1 Å². The molecule has 2 aromatic rings. The van der Waals surface area contributed by atoms with Gasteiger partial charge in [0, 0.05) is 13.0 Å². The third-order valence-electron chi connectivity index (χ3n) is 4.84. The second-order valence-corrected chi connectivity index (χ2v) is 8.70. The molecule has 2 aromatic carbocycles. The lowest BCUT2D eigenvalue weighted by Crippen LogP contribution is -2.30. The largest absolute Gasteiger partial charge is 0.490 e. The van der Waals surface area contributed by atoms with Gasteiger partial charge in [-0.25, -0.2) is 0 Å². The number of benzene rings is 2. The number of amides is 1. The lowest BCUT2D eigenvalue weighted by atomic mass is 10.0. The molecule has 1 unspecified atom stereocenters. The third kappa shape index (κ3) is 3.80. The standard InChI is InChI=1S/C22H21NO2S2/c1-14-10-17(12-18-11-15(2)25-20(14)18)13-19-21(24)23(22(26)27-19)9-8-16-6-4-3-5-7-16/h3-7,10,12-13,15H,8-9,11H2,1-2H3. The lowest BCUT2D eigenvalue weighted by Gasteiger charge is -2.14. The Morgan fingerprint density at radius 1 is 1.30 bits per heavy atom. The van der Waals surface area contributed by atoms with Crippen molar-refractivity contribution in [3.8, 4) is 5.75 Å². The second kappa shape index (κ2) is 7.49. The van der Waals surface area contributed by atoms with Crippen molar-refractivity contribution in [2.45, 2.75) is 32.8 Å². The molecule has 0 bridgehead atoms. The summed E-state index contributed by atoms with van der Waals surface area (Å²) >= 11 is 6.84. The monoisotopic (exact) mass is 395 g/mol. The minimum Gasteiger partial charge on any atom is -0.490 e. The van der Waals surface area contributed by atoms with Crippen molar-refractivity contribution in [3.63, 3.8) is 0 Å². The van der Waals surface area contributed by atoms with Crippen LogP contribution in [0.15, 0.2) is 47.4 Å². The van der Waals surface area contributed by atoms with Gasteiger partial charge in [0.25, 0.3) is 5.91 Å². The molecule has 2 aliphatic rings. The zero-order valence-corrected chi connectivity index (χ0v) is 17.0. The molecule has 138 valence electrons. The number of carbonyl (C=O) groups is 1. The van der Waals surface area contributed by atoms with E-state index >= 15 is 0 Å². The van der Waals surface area contributed by atoms with Crippen LogP contribution in [0, 0.1) is 6.92 Å². The van der Waals surface area contributed by atoms with Crippen LogP contribution in [0.1, 0.15) is 29.2 Å². The number of aryl methyl sites for hydroxylation is 1. The predicted molar refractivity (Wildman–Crippen MR) is 115 cm³/mol. The summed E-state index contributed by atoms with van der Waals surface area (Å²) < 4.78 is 6.51. The number of nitrogens with zero attached hydrogens (tertiary/aromatic N) is 1. The highest BCUT2D eigenvalue weighted by Gasteiger charge is 2.32. The molecule has 1 amide bonds. The Bertz CT molecular complexity index is 937. The van der Waals surface area contributed by atoms with Crippen LogP contribution in [-0.2, 0) is 17.6 Å². The van der Waals surface area contributed by atoms with Crippen LogP contribution in [0.2, 0.25) is 0 Å². The molecular weight excluding hydrogens is 374 g/mol. The van der Waals surface area contributed by atoms with E-state index in [4.69, 9.17) is 17.0 Å². The summed E-state index contributed by atoms with van der Waals surface area (Å²) in [4.78, 5) is 15.2. The molecule has 1 fully saturated rings. The van der Waals surface area contributed by atoms with E-state index in [-0.39, 0.29) is 12.0 Å². The van der Waals surface area contributed by atoms with Crippen LogP contribution in [0.25, 0.3) is 6.08 Å². The van der Waals surface area contributed by atoms with Gasteiger partial charge in [0.15, 0.2) is 0 Å². The van der Waals surface area contributed by atoms with Gasteiger partial charge in [-0.1, -0.05) is 54.3 Å². The number of thioether (sulfide) groups is 1. The third-order valence-corrected chi connectivity index (χ3v) is 6.22. The molecule has 0 spiro atoms. The summed E-state index contributed by atoms with van der Waals surface area (Å²) in [5, 5.41) is 0. The van der Waals surface area contributed by atoms with Gasteiger partial charge in [-0.05, 0) is 60.7 Å². The van der Waals surface area contributed by atoms with Gasteiger partial charge in [0.2, 0.25) is 0 Å². The number of carbonyl (C=O) groups excluding carboxylic acids is 1. The first-order valence-corrected chi connectivity index (χ1v) is 10.3. The Labute approximate surface area is 169 Å². The van der Waals surface area contributed by atoms with Crippen LogP contribution >= 0.6 is 24.0 Å². The van der Waals surface area contributed by atoms with Crippen molar-refractivity contribution in [1.82, 2.24) is 4.90 Å². The number of thiocarbonyl (C=S) groups is 1. The Balaban J connectivity index is 1.52. The number of hydrogen-bond donors (Lipinski definition) is 0.